The Labute approximate surface area is 206 Å². The summed E-state index contributed by atoms with van der Waals surface area (Å²) in [6.45, 7) is 2.50. The number of urea groups is 1. The van der Waals surface area contributed by atoms with E-state index in [0.29, 0.717) is 35.9 Å². The van der Waals surface area contributed by atoms with Crippen LogP contribution in [0, 0.1) is 5.82 Å². The quantitative estimate of drug-likeness (QED) is 0.561. The van der Waals surface area contributed by atoms with Crippen LogP contribution in [-0.4, -0.2) is 59.6 Å². The zero-order chi connectivity index (χ0) is 25.4. The molecule has 8 nitrogen and oxygen atoms in total. The van der Waals surface area contributed by atoms with Crippen LogP contribution in [0.25, 0.3) is 11.3 Å². The highest BCUT2D eigenvalue weighted by Crippen LogP contribution is 2.36. The van der Waals surface area contributed by atoms with Gasteiger partial charge in [0.15, 0.2) is 5.82 Å². The van der Waals surface area contributed by atoms with Gasteiger partial charge in [0.2, 0.25) is 0 Å². The number of hydrogen-bond donors (Lipinski definition) is 1. The number of amides is 2. The van der Waals surface area contributed by atoms with Gasteiger partial charge in [-0.25, -0.2) is 27.9 Å². The van der Waals surface area contributed by atoms with E-state index in [4.69, 9.17) is 4.98 Å². The lowest BCUT2D eigenvalue weighted by atomic mass is 10.1. The predicted octanol–water partition coefficient (Wildman–Crippen LogP) is 4.79. The Hall–Kier alpha value is -3.89. The molecule has 5 rings (SSSR count). The van der Waals surface area contributed by atoms with Crippen LogP contribution >= 0.6 is 0 Å². The number of aromatic nitrogens is 3. The minimum Gasteiger partial charge on any atom is -0.372 e. The van der Waals surface area contributed by atoms with E-state index in [-0.39, 0.29) is 31.2 Å². The van der Waals surface area contributed by atoms with Crippen molar-refractivity contribution in [3.8, 4) is 11.3 Å². The Morgan fingerprint density at radius 1 is 1.17 bits per heavy atom. The molecule has 1 atom stereocenters. The van der Waals surface area contributed by atoms with E-state index < -0.39 is 17.8 Å². The minimum atomic E-state index is -2.73. The fraction of sp³-hybridized carbons (Fsp3) is 0.360. The van der Waals surface area contributed by atoms with Crippen LogP contribution in [-0.2, 0) is 0 Å². The molecule has 2 aliphatic heterocycles. The first-order chi connectivity index (χ1) is 17.2. The Morgan fingerprint density at radius 2 is 2.00 bits per heavy atom. The Balaban J connectivity index is 1.50. The molecule has 188 valence electrons. The molecule has 1 N–H and O–H groups in total. The summed E-state index contributed by atoms with van der Waals surface area (Å²) in [7, 11) is 1.93. The number of carbonyl (C=O) groups excluding carboxylic acids is 1. The summed E-state index contributed by atoms with van der Waals surface area (Å²) in [6.07, 6.45) is 4.50. The van der Waals surface area contributed by atoms with Crippen LogP contribution in [0.1, 0.15) is 19.8 Å². The van der Waals surface area contributed by atoms with Crippen molar-refractivity contribution in [3.05, 3.63) is 54.7 Å². The molecule has 0 unspecified atom stereocenters. The molecule has 0 spiro atoms. The molecule has 11 heteroatoms. The average Bonchev–Trinajstić information content (AvgIpc) is 3.16. The lowest BCUT2D eigenvalue weighted by Crippen LogP contribution is -2.42. The minimum absolute atomic E-state index is 0.196. The van der Waals surface area contributed by atoms with E-state index in [1.165, 1.54) is 12.3 Å². The zero-order valence-electron chi connectivity index (χ0n) is 20.0. The summed E-state index contributed by atoms with van der Waals surface area (Å²) < 4.78 is 41.1. The predicted molar refractivity (Wildman–Crippen MR) is 132 cm³/mol. The van der Waals surface area contributed by atoms with Crippen molar-refractivity contribution in [2.75, 3.05) is 46.7 Å². The van der Waals surface area contributed by atoms with Crippen molar-refractivity contribution in [2.45, 2.75) is 31.7 Å². The number of alkyl halides is 2. The van der Waals surface area contributed by atoms with Crippen molar-refractivity contribution in [1.82, 2.24) is 15.0 Å². The number of anilines is 4. The Morgan fingerprint density at radius 3 is 2.75 bits per heavy atom. The van der Waals surface area contributed by atoms with Gasteiger partial charge in [0, 0.05) is 50.4 Å². The summed E-state index contributed by atoms with van der Waals surface area (Å²) in [5.74, 6) is -2.37. The highest BCUT2D eigenvalue weighted by atomic mass is 19.3. The molecule has 1 fully saturated rings. The molecule has 36 heavy (non-hydrogen) atoms. The number of pyridine rings is 3. The molecule has 3 aromatic heterocycles. The second-order valence-corrected chi connectivity index (χ2v) is 9.22. The van der Waals surface area contributed by atoms with E-state index in [9.17, 15) is 18.0 Å². The number of fused-ring (bicyclic) bond motifs is 1. The van der Waals surface area contributed by atoms with Crippen LogP contribution in [0.3, 0.4) is 0 Å². The van der Waals surface area contributed by atoms with Gasteiger partial charge in [-0.15, -0.1) is 0 Å². The third-order valence-corrected chi connectivity index (χ3v) is 6.53. The van der Waals surface area contributed by atoms with Gasteiger partial charge < -0.3 is 15.1 Å². The highest BCUT2D eigenvalue weighted by Gasteiger charge is 2.39. The number of carbonyl (C=O) groups is 1. The molecule has 0 bridgehead atoms. The molecule has 2 amide bonds. The molecule has 0 aromatic carbocycles. The lowest BCUT2D eigenvalue weighted by molar-refractivity contribution is 0.0256. The van der Waals surface area contributed by atoms with Crippen molar-refractivity contribution in [1.29, 1.82) is 0 Å². The van der Waals surface area contributed by atoms with Crippen molar-refractivity contribution >= 4 is 29.0 Å². The van der Waals surface area contributed by atoms with Gasteiger partial charge in [-0.05, 0) is 37.6 Å². The van der Waals surface area contributed by atoms with E-state index in [1.807, 2.05) is 31.0 Å². The summed E-state index contributed by atoms with van der Waals surface area (Å²) in [4.78, 5) is 31.4. The lowest BCUT2D eigenvalue weighted by Gasteiger charge is -2.28. The van der Waals surface area contributed by atoms with Crippen LogP contribution in [0.15, 0.2) is 48.9 Å². The van der Waals surface area contributed by atoms with Crippen LogP contribution < -0.4 is 20.0 Å². The van der Waals surface area contributed by atoms with E-state index in [0.717, 1.165) is 11.9 Å². The molecule has 0 radical (unpaired) electrons. The van der Waals surface area contributed by atoms with Gasteiger partial charge >= 0.3 is 6.03 Å². The Kier molecular flexibility index (Phi) is 6.15. The van der Waals surface area contributed by atoms with Gasteiger partial charge in [-0.2, -0.15) is 0 Å². The van der Waals surface area contributed by atoms with Crippen molar-refractivity contribution in [3.63, 3.8) is 0 Å². The molecule has 0 aliphatic carbocycles. The summed E-state index contributed by atoms with van der Waals surface area (Å²) in [6, 6.07) is 7.79. The molecular formula is C25H26F3N7O. The fourth-order valence-corrected chi connectivity index (χ4v) is 4.56. The largest absolute Gasteiger partial charge is 0.372 e. The first-order valence-corrected chi connectivity index (χ1v) is 11.7. The number of hydrogen-bond acceptors (Lipinski definition) is 6. The summed E-state index contributed by atoms with van der Waals surface area (Å²) in [5, 5.41) is 2.72. The SMILES string of the molecule is C[C@@H]1CCN(C)c2ccc(-c3ccnc(N4CCC(F)(F)C4)c3)nc2N1C(=O)Nc1cncc(F)c1. The maximum Gasteiger partial charge on any atom is 0.327 e. The monoisotopic (exact) mass is 497 g/mol. The number of nitrogens with zero attached hydrogens (tertiary/aromatic N) is 6. The number of nitrogens with one attached hydrogen (secondary N) is 1. The molecular weight excluding hydrogens is 471 g/mol. The smallest absolute Gasteiger partial charge is 0.327 e. The topological polar surface area (TPSA) is 77.5 Å². The first kappa shape index (κ1) is 23.8. The van der Waals surface area contributed by atoms with Crippen LogP contribution in [0.4, 0.5) is 41.0 Å². The van der Waals surface area contributed by atoms with Gasteiger partial charge in [0.1, 0.15) is 11.6 Å². The third kappa shape index (κ3) is 4.77. The maximum absolute atomic E-state index is 13.7. The van der Waals surface area contributed by atoms with Crippen LogP contribution in [0.5, 0.6) is 0 Å². The number of rotatable bonds is 3. The highest BCUT2D eigenvalue weighted by molar-refractivity contribution is 6.03. The van der Waals surface area contributed by atoms with E-state index >= 15 is 0 Å². The second-order valence-electron chi connectivity index (χ2n) is 9.22. The van der Waals surface area contributed by atoms with E-state index in [1.54, 1.807) is 28.1 Å². The fourth-order valence-electron chi connectivity index (χ4n) is 4.56. The van der Waals surface area contributed by atoms with Gasteiger partial charge in [-0.3, -0.25) is 9.88 Å². The standard InChI is InChI=1S/C25H26F3N7O/c1-16-6-9-33(2)21-4-3-20(17-5-8-30-22(11-17)34-10-7-25(27,28)15-34)32-23(21)35(16)24(36)31-19-12-18(26)13-29-14-19/h3-5,8,11-14,16H,6-7,9-10,15H2,1-2H3,(H,31,36)/t16-/m1/s1. The van der Waals surface area contributed by atoms with Gasteiger partial charge in [0.25, 0.3) is 5.92 Å². The van der Waals surface area contributed by atoms with Gasteiger partial charge in [0.05, 0.1) is 36.0 Å². The third-order valence-electron chi connectivity index (χ3n) is 6.53. The first-order valence-electron chi connectivity index (χ1n) is 11.7. The maximum atomic E-state index is 13.7. The average molecular weight is 498 g/mol. The van der Waals surface area contributed by atoms with Gasteiger partial charge in [-0.1, -0.05) is 0 Å². The molecule has 0 saturated carbocycles. The number of halogens is 3. The summed E-state index contributed by atoms with van der Waals surface area (Å²) in [5.41, 5.74) is 2.29. The van der Waals surface area contributed by atoms with Crippen molar-refractivity contribution in [2.24, 2.45) is 0 Å². The molecule has 2 aliphatic rings. The zero-order valence-corrected chi connectivity index (χ0v) is 20.0. The molecule has 1 saturated heterocycles. The second kappa shape index (κ2) is 9.29. The van der Waals surface area contributed by atoms with Crippen molar-refractivity contribution < 1.29 is 18.0 Å². The Bertz CT molecular complexity index is 1290. The molecule has 5 heterocycles. The normalized spacial score (nSPS) is 19.1. The summed E-state index contributed by atoms with van der Waals surface area (Å²) >= 11 is 0. The molecule has 3 aromatic rings. The van der Waals surface area contributed by atoms with Crippen LogP contribution in [0.2, 0.25) is 0 Å². The van der Waals surface area contributed by atoms with E-state index in [2.05, 4.69) is 15.3 Å².